The molecule has 0 saturated carbocycles. The second kappa shape index (κ2) is 9.57. The first-order chi connectivity index (χ1) is 7.15. The Morgan fingerprint density at radius 3 is 2.53 bits per heavy atom. The standard InChI is InChI=1S/C13H24SSe/c1-6-8-10-12(9-7-2)13(15-5)14-11(3)4/h7,11H,2,6,8-10H2,1,3-5H3/b13-12-. The van der Waals surface area contributed by atoms with Gasteiger partial charge in [0.15, 0.2) is 0 Å². The van der Waals surface area contributed by atoms with Crippen LogP contribution in [-0.2, 0) is 0 Å². The van der Waals surface area contributed by atoms with Crippen molar-refractivity contribution in [3.05, 3.63) is 22.0 Å². The van der Waals surface area contributed by atoms with Crippen LogP contribution in [0.25, 0.3) is 0 Å². The van der Waals surface area contributed by atoms with Crippen LogP contribution in [0.15, 0.2) is 22.0 Å². The van der Waals surface area contributed by atoms with Gasteiger partial charge < -0.3 is 0 Å². The fourth-order valence-corrected chi connectivity index (χ4v) is 5.03. The van der Waals surface area contributed by atoms with Gasteiger partial charge in [-0.3, -0.25) is 0 Å². The van der Waals surface area contributed by atoms with Gasteiger partial charge in [0.2, 0.25) is 0 Å². The summed E-state index contributed by atoms with van der Waals surface area (Å²) in [5.41, 5.74) is 1.65. The van der Waals surface area contributed by atoms with E-state index in [-0.39, 0.29) is 0 Å². The van der Waals surface area contributed by atoms with Crippen LogP contribution in [0.2, 0.25) is 5.82 Å². The summed E-state index contributed by atoms with van der Waals surface area (Å²) < 4.78 is 1.66. The van der Waals surface area contributed by atoms with E-state index in [9.17, 15) is 0 Å². The molecular formula is C13H24SSe. The van der Waals surface area contributed by atoms with Crippen LogP contribution in [0.1, 0.15) is 46.5 Å². The van der Waals surface area contributed by atoms with E-state index < -0.39 is 0 Å². The number of thioether (sulfide) groups is 1. The van der Waals surface area contributed by atoms with Gasteiger partial charge in [-0.05, 0) is 0 Å². The van der Waals surface area contributed by atoms with Crippen LogP contribution in [0, 0.1) is 0 Å². The third-order valence-corrected chi connectivity index (χ3v) is 5.87. The Balaban J connectivity index is 4.56. The summed E-state index contributed by atoms with van der Waals surface area (Å²) in [6.45, 7) is 10.7. The van der Waals surface area contributed by atoms with Crippen LogP contribution in [0.3, 0.4) is 0 Å². The van der Waals surface area contributed by atoms with Crippen molar-refractivity contribution in [3.63, 3.8) is 0 Å². The average Bonchev–Trinajstić information content (AvgIpc) is 2.20. The van der Waals surface area contributed by atoms with Gasteiger partial charge in [0.25, 0.3) is 0 Å². The predicted molar refractivity (Wildman–Crippen MR) is 75.7 cm³/mol. The molecule has 88 valence electrons. The van der Waals surface area contributed by atoms with E-state index in [2.05, 4.69) is 51.0 Å². The average molecular weight is 291 g/mol. The molecular weight excluding hydrogens is 267 g/mol. The third-order valence-electron chi connectivity index (χ3n) is 2.04. The zero-order chi connectivity index (χ0) is 11.7. The van der Waals surface area contributed by atoms with Gasteiger partial charge in [0.1, 0.15) is 0 Å². The number of hydrogen-bond donors (Lipinski definition) is 0. The maximum atomic E-state index is 3.87. The van der Waals surface area contributed by atoms with E-state index in [1.807, 2.05) is 0 Å². The van der Waals surface area contributed by atoms with E-state index in [1.165, 1.54) is 19.3 Å². The van der Waals surface area contributed by atoms with Crippen molar-refractivity contribution in [3.8, 4) is 0 Å². The van der Waals surface area contributed by atoms with Gasteiger partial charge in [-0.2, -0.15) is 0 Å². The second-order valence-corrected chi connectivity index (χ2v) is 7.74. The SMILES string of the molecule is C=CC/C(CCCC)=C(\SC(C)C)[Se]C. The van der Waals surface area contributed by atoms with Crippen molar-refractivity contribution in [2.75, 3.05) is 0 Å². The molecule has 0 aliphatic carbocycles. The van der Waals surface area contributed by atoms with Crippen LogP contribution in [0.4, 0.5) is 0 Å². The molecule has 0 heterocycles. The fraction of sp³-hybridized carbons (Fsp3) is 0.692. The molecule has 0 bridgehead atoms. The van der Waals surface area contributed by atoms with E-state index in [1.54, 1.807) is 9.38 Å². The molecule has 2 heteroatoms. The molecule has 0 unspecified atom stereocenters. The van der Waals surface area contributed by atoms with Crippen molar-refractivity contribution in [2.24, 2.45) is 0 Å². The fourth-order valence-electron chi connectivity index (χ4n) is 1.34. The van der Waals surface area contributed by atoms with Gasteiger partial charge in [0, 0.05) is 0 Å². The Bertz CT molecular complexity index is 207. The van der Waals surface area contributed by atoms with Crippen LogP contribution >= 0.6 is 11.8 Å². The summed E-state index contributed by atoms with van der Waals surface area (Å²) in [4.78, 5) is 0. The summed E-state index contributed by atoms with van der Waals surface area (Å²) in [5.74, 6) is 2.33. The molecule has 0 N–H and O–H groups in total. The van der Waals surface area contributed by atoms with E-state index in [4.69, 9.17) is 0 Å². The molecule has 0 radical (unpaired) electrons. The summed E-state index contributed by atoms with van der Waals surface area (Å²) in [7, 11) is 0. The first-order valence-corrected chi connectivity index (χ1v) is 9.14. The quantitative estimate of drug-likeness (QED) is 0.454. The monoisotopic (exact) mass is 292 g/mol. The molecule has 0 aromatic heterocycles. The minimum absolute atomic E-state index is 0.640. The van der Waals surface area contributed by atoms with Crippen LogP contribution in [0.5, 0.6) is 0 Å². The molecule has 0 spiro atoms. The van der Waals surface area contributed by atoms with E-state index in [0.29, 0.717) is 20.2 Å². The number of allylic oxidation sites excluding steroid dienone is 2. The summed E-state index contributed by atoms with van der Waals surface area (Å²) in [5, 5.41) is 0.711. The molecule has 0 atom stereocenters. The third kappa shape index (κ3) is 7.27. The van der Waals surface area contributed by atoms with E-state index in [0.717, 1.165) is 6.42 Å². The molecule has 0 fully saturated rings. The molecule has 0 saturated heterocycles. The molecule has 0 rings (SSSR count). The Hall–Kier alpha value is 0.349. The van der Waals surface area contributed by atoms with Crippen LogP contribution in [-0.4, -0.2) is 20.2 Å². The molecule has 0 nitrogen and oxygen atoms in total. The zero-order valence-electron chi connectivity index (χ0n) is 10.5. The molecule has 0 aromatic carbocycles. The van der Waals surface area contributed by atoms with Crippen molar-refractivity contribution in [1.29, 1.82) is 0 Å². The van der Waals surface area contributed by atoms with Crippen molar-refractivity contribution >= 4 is 26.7 Å². The van der Waals surface area contributed by atoms with Gasteiger partial charge in [0.05, 0.1) is 0 Å². The first-order valence-electron chi connectivity index (χ1n) is 5.69. The molecule has 0 aliphatic heterocycles. The summed E-state index contributed by atoms with van der Waals surface area (Å²) >= 11 is 2.70. The molecule has 0 aliphatic rings. The van der Waals surface area contributed by atoms with E-state index >= 15 is 0 Å². The molecule has 0 aromatic rings. The number of unbranched alkanes of at least 4 members (excludes halogenated alkanes) is 1. The number of rotatable bonds is 8. The summed E-state index contributed by atoms with van der Waals surface area (Å²) in [6.07, 6.45) is 7.02. The predicted octanol–water partition coefficient (Wildman–Crippen LogP) is 4.86. The van der Waals surface area contributed by atoms with Gasteiger partial charge in [-0.1, -0.05) is 0 Å². The van der Waals surface area contributed by atoms with Crippen molar-refractivity contribution in [1.82, 2.24) is 0 Å². The van der Waals surface area contributed by atoms with Gasteiger partial charge in [-0.25, -0.2) is 0 Å². The van der Waals surface area contributed by atoms with Gasteiger partial charge >= 0.3 is 106 Å². The van der Waals surface area contributed by atoms with Crippen LogP contribution < -0.4 is 0 Å². The zero-order valence-corrected chi connectivity index (χ0v) is 13.0. The molecule has 0 amide bonds. The molecule has 15 heavy (non-hydrogen) atoms. The second-order valence-electron chi connectivity index (χ2n) is 3.86. The topological polar surface area (TPSA) is 0 Å². The van der Waals surface area contributed by atoms with Crippen molar-refractivity contribution in [2.45, 2.75) is 57.5 Å². The Morgan fingerprint density at radius 2 is 2.13 bits per heavy atom. The number of hydrogen-bond acceptors (Lipinski definition) is 1. The maximum absolute atomic E-state index is 3.87. The van der Waals surface area contributed by atoms with Gasteiger partial charge in [-0.15, -0.1) is 0 Å². The first kappa shape index (κ1) is 15.3. The Labute approximate surface area is 106 Å². The normalized spacial score (nSPS) is 12.9. The minimum atomic E-state index is 0.640. The Morgan fingerprint density at radius 1 is 1.47 bits per heavy atom. The van der Waals surface area contributed by atoms with Crippen molar-refractivity contribution < 1.29 is 0 Å². The summed E-state index contributed by atoms with van der Waals surface area (Å²) in [6, 6.07) is 0. The Kier molecular flexibility index (Phi) is 9.79.